The highest BCUT2D eigenvalue weighted by molar-refractivity contribution is 6.01. The van der Waals surface area contributed by atoms with E-state index in [1.807, 2.05) is 26.0 Å². The molecule has 0 radical (unpaired) electrons. The number of carbonyl (C=O) groups is 1. The predicted octanol–water partition coefficient (Wildman–Crippen LogP) is 3.90. The van der Waals surface area contributed by atoms with Gasteiger partial charge < -0.3 is 18.9 Å². The molecule has 2 aromatic rings. The normalized spacial score (nSPS) is 12.4. The number of amides is 1. The second-order valence-electron chi connectivity index (χ2n) is 7.18. The van der Waals surface area contributed by atoms with Crippen LogP contribution >= 0.6 is 0 Å². The number of likely N-dealkylation sites (N-methyl/N-ethyl adjacent to an activating group) is 1. The number of rotatable bonds is 9. The zero-order valence-electron chi connectivity index (χ0n) is 18.1. The fourth-order valence-corrected chi connectivity index (χ4v) is 3.40. The fraction of sp³-hybridized carbons (Fsp3) is 0.391. The second kappa shape index (κ2) is 10.6. The van der Waals surface area contributed by atoms with E-state index in [0.717, 1.165) is 17.0 Å². The molecule has 0 aliphatic rings. The Hall–Kier alpha value is -3.11. The smallest absolute Gasteiger partial charge is 0.264 e. The van der Waals surface area contributed by atoms with E-state index in [9.17, 15) is 14.4 Å². The minimum absolute atomic E-state index is 0.0306. The number of ether oxygens (including phenoxy) is 2. The van der Waals surface area contributed by atoms with Crippen LogP contribution in [0.25, 0.3) is 6.08 Å². The van der Waals surface area contributed by atoms with E-state index in [2.05, 4.69) is 11.5 Å². The largest absolute Gasteiger partial charge is 0.489 e. The number of benzene rings is 1. The summed E-state index contributed by atoms with van der Waals surface area (Å²) in [7, 11) is 3.24. The van der Waals surface area contributed by atoms with Crippen molar-refractivity contribution in [2.75, 3.05) is 33.9 Å². The molecule has 30 heavy (non-hydrogen) atoms. The summed E-state index contributed by atoms with van der Waals surface area (Å²) in [5, 5.41) is 9.53. The maximum Gasteiger partial charge on any atom is 0.264 e. The molecular weight excluding hydrogens is 385 g/mol. The Balaban J connectivity index is 2.10. The Morgan fingerprint density at radius 3 is 2.70 bits per heavy atom. The van der Waals surface area contributed by atoms with Crippen LogP contribution in [0.1, 0.15) is 29.9 Å². The molecule has 2 rings (SSSR count). The fourth-order valence-electron chi connectivity index (χ4n) is 3.40. The zero-order valence-corrected chi connectivity index (χ0v) is 18.1. The first kappa shape index (κ1) is 23.2. The number of carbonyl (C=O) groups excluding carboxylic acids is 1. The van der Waals surface area contributed by atoms with Crippen LogP contribution in [0.3, 0.4) is 0 Å². The van der Waals surface area contributed by atoms with Crippen molar-refractivity contribution < 1.29 is 18.7 Å². The van der Waals surface area contributed by atoms with Gasteiger partial charge in [0.05, 0.1) is 19.2 Å². The molecule has 0 aliphatic carbocycles. The summed E-state index contributed by atoms with van der Waals surface area (Å²) in [5.74, 6) is -0.737. The highest BCUT2D eigenvalue weighted by Gasteiger charge is 2.18. The van der Waals surface area contributed by atoms with Crippen LogP contribution in [0.5, 0.6) is 5.75 Å². The van der Waals surface area contributed by atoms with Crippen molar-refractivity contribution in [2.24, 2.45) is 0 Å². The minimum Gasteiger partial charge on any atom is -0.489 e. The minimum atomic E-state index is -0.456. The number of methoxy groups -OCH3 is 1. The molecular formula is C23H28FN3O3. The number of para-hydroxylation sites is 1. The number of halogens is 1. The summed E-state index contributed by atoms with van der Waals surface area (Å²) in [4.78, 5) is 14.1. The van der Waals surface area contributed by atoms with E-state index in [0.29, 0.717) is 6.61 Å². The van der Waals surface area contributed by atoms with Crippen LogP contribution in [0.4, 0.5) is 4.39 Å². The second-order valence-corrected chi connectivity index (χ2v) is 7.18. The van der Waals surface area contributed by atoms with E-state index in [4.69, 9.17) is 9.47 Å². The molecule has 1 amide bonds. The Morgan fingerprint density at radius 2 is 2.07 bits per heavy atom. The average Bonchev–Trinajstić information content (AvgIpc) is 3.00. The van der Waals surface area contributed by atoms with Crippen LogP contribution < -0.4 is 4.74 Å². The number of hydrogen-bond donors (Lipinski definition) is 0. The summed E-state index contributed by atoms with van der Waals surface area (Å²) >= 11 is 0. The van der Waals surface area contributed by atoms with Crippen molar-refractivity contribution in [3.05, 3.63) is 58.7 Å². The van der Waals surface area contributed by atoms with Gasteiger partial charge in [0.1, 0.15) is 18.2 Å². The molecule has 0 saturated heterocycles. The number of aryl methyl sites for hydroxylation is 1. The molecule has 0 fully saturated rings. The van der Waals surface area contributed by atoms with E-state index in [1.54, 1.807) is 32.4 Å². The Kier molecular flexibility index (Phi) is 8.19. The molecule has 0 saturated carbocycles. The van der Waals surface area contributed by atoms with Gasteiger partial charge in [-0.3, -0.25) is 4.79 Å². The zero-order chi connectivity index (χ0) is 22.3. The van der Waals surface area contributed by atoms with Crippen molar-refractivity contribution in [1.82, 2.24) is 9.47 Å². The molecule has 0 aliphatic heterocycles. The average molecular weight is 413 g/mol. The number of aromatic nitrogens is 1. The van der Waals surface area contributed by atoms with Crippen LogP contribution in [-0.2, 0) is 9.53 Å². The van der Waals surface area contributed by atoms with Gasteiger partial charge >= 0.3 is 0 Å². The van der Waals surface area contributed by atoms with Crippen molar-refractivity contribution >= 4 is 12.0 Å². The van der Waals surface area contributed by atoms with E-state index >= 15 is 0 Å². The van der Waals surface area contributed by atoms with Gasteiger partial charge in [-0.2, -0.15) is 5.26 Å². The van der Waals surface area contributed by atoms with Crippen molar-refractivity contribution in [2.45, 2.75) is 26.8 Å². The lowest BCUT2D eigenvalue weighted by Crippen LogP contribution is -2.31. The van der Waals surface area contributed by atoms with Gasteiger partial charge in [-0.1, -0.05) is 12.1 Å². The van der Waals surface area contributed by atoms with Crippen LogP contribution in [-0.4, -0.2) is 49.3 Å². The maximum absolute atomic E-state index is 13.6. The summed E-state index contributed by atoms with van der Waals surface area (Å²) in [6.07, 6.45) is 1.61. The van der Waals surface area contributed by atoms with Crippen molar-refractivity contribution in [3.63, 3.8) is 0 Å². The van der Waals surface area contributed by atoms with Gasteiger partial charge in [0.25, 0.3) is 5.91 Å². The van der Waals surface area contributed by atoms with E-state index < -0.39 is 11.7 Å². The van der Waals surface area contributed by atoms with E-state index in [1.165, 1.54) is 17.0 Å². The van der Waals surface area contributed by atoms with E-state index in [-0.39, 0.29) is 30.5 Å². The Labute approximate surface area is 177 Å². The summed E-state index contributed by atoms with van der Waals surface area (Å²) in [5.41, 5.74) is 2.84. The first-order valence-electron chi connectivity index (χ1n) is 9.72. The lowest BCUT2D eigenvalue weighted by Gasteiger charge is -2.18. The first-order valence-corrected chi connectivity index (χ1v) is 9.72. The van der Waals surface area contributed by atoms with Crippen LogP contribution in [0, 0.1) is 31.0 Å². The summed E-state index contributed by atoms with van der Waals surface area (Å²) < 4.78 is 26.4. The lowest BCUT2D eigenvalue weighted by molar-refractivity contribution is -0.125. The molecule has 6 nitrogen and oxygen atoms in total. The quantitative estimate of drug-likeness (QED) is 0.462. The van der Waals surface area contributed by atoms with Gasteiger partial charge in [0, 0.05) is 25.5 Å². The van der Waals surface area contributed by atoms with Crippen LogP contribution in [0.2, 0.25) is 0 Å². The molecule has 1 atom stereocenters. The third kappa shape index (κ3) is 5.49. The Bertz CT molecular complexity index is 959. The topological polar surface area (TPSA) is 67.5 Å². The lowest BCUT2D eigenvalue weighted by atomic mass is 10.1. The third-order valence-electron chi connectivity index (χ3n) is 4.89. The molecule has 0 bridgehead atoms. The molecule has 1 aromatic heterocycles. The maximum atomic E-state index is 13.6. The molecule has 1 unspecified atom stereocenters. The van der Waals surface area contributed by atoms with Gasteiger partial charge in [-0.05, 0) is 50.6 Å². The summed E-state index contributed by atoms with van der Waals surface area (Å²) in [6, 6.07) is 10.2. The molecule has 0 N–H and O–H groups in total. The number of nitrogens with zero attached hydrogens (tertiary/aromatic N) is 3. The van der Waals surface area contributed by atoms with Crippen molar-refractivity contribution in [1.29, 1.82) is 5.26 Å². The molecule has 1 heterocycles. The highest BCUT2D eigenvalue weighted by Crippen LogP contribution is 2.23. The molecule has 7 heteroatoms. The van der Waals surface area contributed by atoms with Crippen LogP contribution in [0.15, 0.2) is 35.9 Å². The molecule has 0 spiro atoms. The van der Waals surface area contributed by atoms with Crippen molar-refractivity contribution in [3.8, 4) is 11.8 Å². The highest BCUT2D eigenvalue weighted by atomic mass is 19.1. The number of hydrogen-bond acceptors (Lipinski definition) is 4. The SMILES string of the molecule is COCC(C)n1c(C)cc(/C=C(\C#N)C(=O)N(C)CCOc2ccccc2F)c1C. The standard InChI is InChI=1S/C23H28FN3O3/c1-16-12-19(18(3)27(16)17(2)15-29-5)13-20(14-25)23(28)26(4)10-11-30-22-9-7-6-8-21(22)24/h6-9,12-13,17H,10-11,15H2,1-5H3/b20-13+. The summed E-state index contributed by atoms with van der Waals surface area (Å²) in [6.45, 7) is 6.89. The third-order valence-corrected chi connectivity index (χ3v) is 4.89. The van der Waals surface area contributed by atoms with Gasteiger partial charge in [0.15, 0.2) is 11.6 Å². The molecule has 1 aromatic carbocycles. The predicted molar refractivity (Wildman–Crippen MR) is 114 cm³/mol. The van der Waals surface area contributed by atoms with Gasteiger partial charge in [-0.15, -0.1) is 0 Å². The van der Waals surface area contributed by atoms with Gasteiger partial charge in [0.2, 0.25) is 0 Å². The Morgan fingerprint density at radius 1 is 1.37 bits per heavy atom. The van der Waals surface area contributed by atoms with Gasteiger partial charge in [-0.25, -0.2) is 4.39 Å². The number of nitriles is 1. The first-order chi connectivity index (χ1) is 14.3. The monoisotopic (exact) mass is 413 g/mol. The molecule has 160 valence electrons.